The van der Waals surface area contributed by atoms with E-state index in [0.29, 0.717) is 0 Å². The number of carbonyl (C=O) groups is 1. The Labute approximate surface area is 157 Å². The van der Waals surface area contributed by atoms with Gasteiger partial charge in [-0.25, -0.2) is 5.43 Å². The van der Waals surface area contributed by atoms with Crippen molar-refractivity contribution in [3.05, 3.63) is 64.1 Å². The molecule has 5 heteroatoms. The average Bonchev–Trinajstić information content (AvgIpc) is 2.58. The lowest BCUT2D eigenvalue weighted by Gasteiger charge is -2.22. The first-order valence-corrected chi connectivity index (χ1v) is 8.88. The minimum atomic E-state index is -0.292. The average molecular weight is 403 g/mol. The lowest BCUT2D eigenvalue weighted by Crippen LogP contribution is -2.26. The second-order valence-corrected chi connectivity index (χ2v) is 7.69. The first kappa shape index (κ1) is 19.2. The van der Waals surface area contributed by atoms with Crippen LogP contribution in [0.2, 0.25) is 0 Å². The highest BCUT2D eigenvalue weighted by Crippen LogP contribution is 2.30. The van der Waals surface area contributed by atoms with Crippen LogP contribution in [-0.4, -0.2) is 18.2 Å². The van der Waals surface area contributed by atoms with Gasteiger partial charge in [0.05, 0.1) is 5.71 Å². The van der Waals surface area contributed by atoms with Crippen LogP contribution in [0.4, 0.5) is 0 Å². The van der Waals surface area contributed by atoms with Crippen molar-refractivity contribution in [2.45, 2.75) is 33.1 Å². The van der Waals surface area contributed by atoms with Crippen molar-refractivity contribution in [2.24, 2.45) is 5.10 Å². The monoisotopic (exact) mass is 402 g/mol. The summed E-state index contributed by atoms with van der Waals surface area (Å²) < 4.78 is 6.69. The molecule has 2 aromatic rings. The fraction of sp³-hybridized carbons (Fsp3) is 0.300. The number of ether oxygens (including phenoxy) is 1. The standard InChI is InChI=1S/C20H23BrN2O2/c1-14(15-9-11-16(21)12-10-15)22-23-19(24)13-25-18-8-6-5-7-17(18)20(2,3)4/h5-12H,13H2,1-4H3,(H,23,24). The molecule has 1 amide bonds. The predicted octanol–water partition coefficient (Wildman–Crippen LogP) is 4.67. The first-order valence-electron chi connectivity index (χ1n) is 8.09. The molecule has 1 N–H and O–H groups in total. The third kappa shape index (κ3) is 5.71. The van der Waals surface area contributed by atoms with E-state index in [1.54, 1.807) is 0 Å². The highest BCUT2D eigenvalue weighted by atomic mass is 79.9. The number of nitrogens with zero attached hydrogens (tertiary/aromatic N) is 1. The molecule has 2 aromatic carbocycles. The van der Waals surface area contributed by atoms with E-state index in [2.05, 4.69) is 47.2 Å². The minimum absolute atomic E-state index is 0.0522. The predicted molar refractivity (Wildman–Crippen MR) is 105 cm³/mol. The van der Waals surface area contributed by atoms with Gasteiger partial charge >= 0.3 is 0 Å². The maximum Gasteiger partial charge on any atom is 0.277 e. The second-order valence-electron chi connectivity index (χ2n) is 6.77. The molecule has 0 aromatic heterocycles. The maximum absolute atomic E-state index is 12.0. The lowest BCUT2D eigenvalue weighted by molar-refractivity contribution is -0.123. The van der Waals surface area contributed by atoms with E-state index >= 15 is 0 Å². The summed E-state index contributed by atoms with van der Waals surface area (Å²) in [6, 6.07) is 15.5. The number of rotatable bonds is 5. The van der Waals surface area contributed by atoms with E-state index in [9.17, 15) is 4.79 Å². The fourth-order valence-corrected chi connectivity index (χ4v) is 2.55. The van der Waals surface area contributed by atoms with Crippen LogP contribution in [0.25, 0.3) is 0 Å². The molecule has 25 heavy (non-hydrogen) atoms. The zero-order chi connectivity index (χ0) is 18.4. The van der Waals surface area contributed by atoms with Gasteiger partial charge in [0.1, 0.15) is 5.75 Å². The Morgan fingerprint density at radius 3 is 2.40 bits per heavy atom. The topological polar surface area (TPSA) is 50.7 Å². The van der Waals surface area contributed by atoms with Crippen molar-refractivity contribution >= 4 is 27.5 Å². The summed E-state index contributed by atoms with van der Waals surface area (Å²) in [5.41, 5.74) is 5.23. The SMILES string of the molecule is CC(=NNC(=O)COc1ccccc1C(C)(C)C)c1ccc(Br)cc1. The van der Waals surface area contributed by atoms with Gasteiger partial charge in [-0.3, -0.25) is 4.79 Å². The van der Waals surface area contributed by atoms with Gasteiger partial charge in [-0.1, -0.05) is 67.0 Å². The Hall–Kier alpha value is -2.14. The van der Waals surface area contributed by atoms with Crippen molar-refractivity contribution in [1.29, 1.82) is 0 Å². The number of benzene rings is 2. The molecule has 0 unspecified atom stereocenters. The number of amides is 1. The van der Waals surface area contributed by atoms with Crippen LogP contribution in [-0.2, 0) is 10.2 Å². The van der Waals surface area contributed by atoms with Crippen molar-refractivity contribution in [3.8, 4) is 5.75 Å². The third-order valence-corrected chi connectivity index (χ3v) is 4.19. The highest BCUT2D eigenvalue weighted by molar-refractivity contribution is 9.10. The number of hydrogen-bond acceptors (Lipinski definition) is 3. The molecule has 0 atom stereocenters. The van der Waals surface area contributed by atoms with Gasteiger partial charge in [0.2, 0.25) is 0 Å². The summed E-state index contributed by atoms with van der Waals surface area (Å²) in [7, 11) is 0. The molecule has 2 rings (SSSR count). The lowest BCUT2D eigenvalue weighted by atomic mass is 9.86. The van der Waals surface area contributed by atoms with Crippen molar-refractivity contribution in [3.63, 3.8) is 0 Å². The van der Waals surface area contributed by atoms with Gasteiger partial charge in [-0.05, 0) is 41.7 Å². The summed E-state index contributed by atoms with van der Waals surface area (Å²) in [5, 5.41) is 4.13. The van der Waals surface area contributed by atoms with Crippen molar-refractivity contribution in [1.82, 2.24) is 5.43 Å². The Morgan fingerprint density at radius 2 is 1.76 bits per heavy atom. The van der Waals surface area contributed by atoms with Crippen LogP contribution in [0.1, 0.15) is 38.8 Å². The molecule has 0 spiro atoms. The summed E-state index contributed by atoms with van der Waals surface area (Å²) in [4.78, 5) is 12.0. The minimum Gasteiger partial charge on any atom is -0.483 e. The van der Waals surface area contributed by atoms with E-state index in [1.807, 2.05) is 55.5 Å². The zero-order valence-electron chi connectivity index (χ0n) is 15.0. The van der Waals surface area contributed by atoms with Crippen molar-refractivity contribution < 1.29 is 9.53 Å². The summed E-state index contributed by atoms with van der Waals surface area (Å²) >= 11 is 3.39. The largest absolute Gasteiger partial charge is 0.483 e. The molecule has 0 saturated carbocycles. The quantitative estimate of drug-likeness (QED) is 0.583. The zero-order valence-corrected chi connectivity index (χ0v) is 16.6. The number of halogens is 1. The van der Waals surface area contributed by atoms with Crippen LogP contribution < -0.4 is 10.2 Å². The molecule has 0 radical (unpaired) electrons. The molecule has 0 saturated heterocycles. The summed E-state index contributed by atoms with van der Waals surface area (Å²) in [5.74, 6) is 0.430. The van der Waals surface area contributed by atoms with E-state index in [-0.39, 0.29) is 17.9 Å². The van der Waals surface area contributed by atoms with Gasteiger partial charge in [-0.2, -0.15) is 5.10 Å². The van der Waals surface area contributed by atoms with Gasteiger partial charge in [0.15, 0.2) is 6.61 Å². The van der Waals surface area contributed by atoms with Gasteiger partial charge in [0, 0.05) is 4.47 Å². The first-order chi connectivity index (χ1) is 11.8. The van der Waals surface area contributed by atoms with Crippen LogP contribution in [0.15, 0.2) is 58.1 Å². The molecule has 132 valence electrons. The molecule has 0 fully saturated rings. The number of carbonyl (C=O) groups excluding carboxylic acids is 1. The van der Waals surface area contributed by atoms with E-state index < -0.39 is 0 Å². The molecule has 0 aliphatic carbocycles. The third-order valence-electron chi connectivity index (χ3n) is 3.66. The number of hydrogen-bond donors (Lipinski definition) is 1. The summed E-state index contributed by atoms with van der Waals surface area (Å²) in [6.07, 6.45) is 0. The smallest absolute Gasteiger partial charge is 0.277 e. The van der Waals surface area contributed by atoms with Gasteiger partial charge < -0.3 is 4.74 Å². The van der Waals surface area contributed by atoms with Crippen LogP contribution in [0.3, 0.4) is 0 Å². The normalized spacial score (nSPS) is 12.0. The molecule has 0 heterocycles. The Kier molecular flexibility index (Phi) is 6.37. The number of nitrogens with one attached hydrogen (secondary N) is 1. The summed E-state index contributed by atoms with van der Waals surface area (Å²) in [6.45, 7) is 8.10. The van der Waals surface area contributed by atoms with Crippen LogP contribution in [0.5, 0.6) is 5.75 Å². The van der Waals surface area contributed by atoms with Crippen LogP contribution >= 0.6 is 15.9 Å². The Balaban J connectivity index is 1.95. The molecule has 0 bridgehead atoms. The van der Waals surface area contributed by atoms with Crippen molar-refractivity contribution in [2.75, 3.05) is 6.61 Å². The number of para-hydroxylation sites is 1. The molecule has 0 aliphatic rings. The van der Waals surface area contributed by atoms with Gasteiger partial charge in [0.25, 0.3) is 5.91 Å². The van der Waals surface area contributed by atoms with Crippen LogP contribution in [0, 0.1) is 0 Å². The van der Waals surface area contributed by atoms with E-state index in [1.165, 1.54) is 0 Å². The molecule has 4 nitrogen and oxygen atoms in total. The van der Waals surface area contributed by atoms with Gasteiger partial charge in [-0.15, -0.1) is 0 Å². The maximum atomic E-state index is 12.0. The molecular weight excluding hydrogens is 380 g/mol. The fourth-order valence-electron chi connectivity index (χ4n) is 2.29. The number of hydrazone groups is 1. The van der Waals surface area contributed by atoms with E-state index in [0.717, 1.165) is 27.1 Å². The highest BCUT2D eigenvalue weighted by Gasteiger charge is 2.18. The Bertz CT molecular complexity index is 762. The molecule has 0 aliphatic heterocycles. The molecular formula is C20H23BrN2O2. The Morgan fingerprint density at radius 1 is 1.12 bits per heavy atom. The van der Waals surface area contributed by atoms with E-state index in [4.69, 9.17) is 4.74 Å². The second kappa shape index (κ2) is 8.30.